The van der Waals surface area contributed by atoms with Crippen molar-refractivity contribution < 1.29 is 19.0 Å². The van der Waals surface area contributed by atoms with Crippen LogP contribution in [0.4, 0.5) is 4.79 Å². The predicted molar refractivity (Wildman–Crippen MR) is 158 cm³/mol. The van der Waals surface area contributed by atoms with Gasteiger partial charge in [0, 0.05) is 0 Å². The number of methoxy groups -OCH3 is 1. The molecule has 4 nitrogen and oxygen atoms in total. The van der Waals surface area contributed by atoms with Crippen LogP contribution in [0.3, 0.4) is 0 Å². The summed E-state index contributed by atoms with van der Waals surface area (Å²) in [7, 11) is 1.70. The normalized spacial score (nSPS) is 12.8. The van der Waals surface area contributed by atoms with E-state index in [1.165, 1.54) is 22.3 Å². The topological polar surface area (TPSA) is 44.8 Å². The van der Waals surface area contributed by atoms with Gasteiger partial charge in [-0.2, -0.15) is 0 Å². The molecule has 5 aromatic rings. The van der Waals surface area contributed by atoms with Crippen molar-refractivity contribution in [2.45, 2.75) is 26.2 Å². The summed E-state index contributed by atoms with van der Waals surface area (Å²) in [5.74, 6) is 1.75. The van der Waals surface area contributed by atoms with E-state index >= 15 is 0 Å². The summed E-state index contributed by atoms with van der Waals surface area (Å²) >= 11 is 0. The van der Waals surface area contributed by atoms with E-state index in [2.05, 4.69) is 72.8 Å². The molecule has 1 aliphatic carbocycles. The molecule has 6 rings (SSSR count). The van der Waals surface area contributed by atoms with E-state index < -0.39 is 11.6 Å². The van der Waals surface area contributed by atoms with Crippen LogP contribution in [-0.4, -0.2) is 13.3 Å². The lowest BCUT2D eigenvalue weighted by Crippen LogP contribution is -2.29. The number of carbonyl (C=O) groups is 1. The number of fused-ring (bicyclic) bond motifs is 3. The molecule has 0 aromatic heterocycles. The number of benzene rings is 5. The zero-order valence-corrected chi connectivity index (χ0v) is 23.0. The first-order valence-corrected chi connectivity index (χ1v) is 13.3. The lowest BCUT2D eigenvalue weighted by atomic mass is 9.67. The maximum Gasteiger partial charge on any atom is 0.519 e. The molecule has 0 radical (unpaired) electrons. The second kappa shape index (κ2) is 10.0. The van der Waals surface area contributed by atoms with Crippen LogP contribution in [0.25, 0.3) is 11.1 Å². The molecular weight excluding hydrogens is 496 g/mol. The van der Waals surface area contributed by atoms with Crippen molar-refractivity contribution in [3.8, 4) is 28.4 Å². The van der Waals surface area contributed by atoms with Gasteiger partial charge < -0.3 is 14.2 Å². The summed E-state index contributed by atoms with van der Waals surface area (Å²) < 4.78 is 17.2. The highest BCUT2D eigenvalue weighted by Crippen LogP contribution is 2.56. The Kier molecular flexibility index (Phi) is 6.39. The lowest BCUT2D eigenvalue weighted by Gasteiger charge is -2.34. The molecule has 5 aromatic carbocycles. The van der Waals surface area contributed by atoms with E-state index in [4.69, 9.17) is 14.2 Å². The second-order valence-corrected chi connectivity index (χ2v) is 10.2. The first-order valence-electron chi connectivity index (χ1n) is 13.3. The van der Waals surface area contributed by atoms with Crippen LogP contribution in [0.5, 0.6) is 17.2 Å². The number of para-hydroxylation sites is 1. The minimum absolute atomic E-state index is 0.455. The zero-order valence-electron chi connectivity index (χ0n) is 23.0. The van der Waals surface area contributed by atoms with Crippen LogP contribution >= 0.6 is 0 Å². The summed E-state index contributed by atoms with van der Waals surface area (Å²) in [6, 6.07) is 36.9. The molecule has 0 saturated carbocycles. The first kappa shape index (κ1) is 25.4. The molecule has 0 atom stereocenters. The molecule has 0 aliphatic heterocycles. The SMILES string of the molecule is COc1cc(C2(c3ccc(C)c(OC(=O)Oc4ccccc4C)c3)c3ccccc3-c3ccccc32)ccc1C. The average molecular weight is 527 g/mol. The second-order valence-electron chi connectivity index (χ2n) is 10.2. The maximum absolute atomic E-state index is 12.9. The van der Waals surface area contributed by atoms with Crippen LogP contribution in [0.1, 0.15) is 38.9 Å². The number of ether oxygens (including phenoxy) is 3. The lowest BCUT2D eigenvalue weighted by molar-refractivity contribution is 0.151. The highest BCUT2D eigenvalue weighted by Gasteiger charge is 2.46. The molecule has 0 amide bonds. The Morgan fingerprint density at radius 3 is 1.62 bits per heavy atom. The van der Waals surface area contributed by atoms with Gasteiger partial charge in [0.1, 0.15) is 17.2 Å². The third-order valence-corrected chi connectivity index (χ3v) is 7.89. The molecule has 0 heterocycles. The van der Waals surface area contributed by atoms with Crippen molar-refractivity contribution in [1.82, 2.24) is 0 Å². The summed E-state index contributed by atoms with van der Waals surface area (Å²) in [5, 5.41) is 0. The zero-order chi connectivity index (χ0) is 27.9. The summed E-state index contributed by atoms with van der Waals surface area (Å²) in [6.07, 6.45) is -0.771. The Balaban J connectivity index is 1.54. The Morgan fingerprint density at radius 2 is 1.02 bits per heavy atom. The number of rotatable bonds is 5. The Labute approximate surface area is 234 Å². The fraction of sp³-hybridized carbons (Fsp3) is 0.139. The average Bonchev–Trinajstić information content (AvgIpc) is 3.27. The molecule has 0 unspecified atom stereocenters. The molecule has 0 fully saturated rings. The predicted octanol–water partition coefficient (Wildman–Crippen LogP) is 8.56. The molecule has 0 spiro atoms. The highest BCUT2D eigenvalue weighted by atomic mass is 16.7. The fourth-order valence-electron chi connectivity index (χ4n) is 5.89. The first-order chi connectivity index (χ1) is 19.4. The third-order valence-electron chi connectivity index (χ3n) is 7.89. The quantitative estimate of drug-likeness (QED) is 0.167. The van der Waals surface area contributed by atoms with Gasteiger partial charge >= 0.3 is 6.16 Å². The van der Waals surface area contributed by atoms with Crippen LogP contribution in [0.2, 0.25) is 0 Å². The Hall–Kier alpha value is -4.83. The van der Waals surface area contributed by atoms with E-state index in [0.29, 0.717) is 11.5 Å². The van der Waals surface area contributed by atoms with Gasteiger partial charge in [0.2, 0.25) is 0 Å². The van der Waals surface area contributed by atoms with Crippen LogP contribution in [0, 0.1) is 20.8 Å². The molecule has 0 bridgehead atoms. The summed E-state index contributed by atoms with van der Waals surface area (Å²) in [4.78, 5) is 12.9. The van der Waals surface area contributed by atoms with Gasteiger partial charge in [-0.15, -0.1) is 0 Å². The molecule has 0 N–H and O–H groups in total. The minimum atomic E-state index is -0.771. The Bertz CT molecular complexity index is 1700. The van der Waals surface area contributed by atoms with E-state index in [9.17, 15) is 4.79 Å². The molecule has 0 saturated heterocycles. The van der Waals surface area contributed by atoms with Crippen LogP contribution in [0.15, 0.2) is 109 Å². The van der Waals surface area contributed by atoms with E-state index in [1.54, 1.807) is 13.2 Å². The third kappa shape index (κ3) is 4.04. The molecule has 198 valence electrons. The smallest absolute Gasteiger partial charge is 0.496 e. The van der Waals surface area contributed by atoms with Crippen molar-refractivity contribution in [2.24, 2.45) is 0 Å². The molecular formula is C36H30O4. The van der Waals surface area contributed by atoms with E-state index in [0.717, 1.165) is 33.6 Å². The van der Waals surface area contributed by atoms with Gasteiger partial charge in [-0.1, -0.05) is 91.0 Å². The minimum Gasteiger partial charge on any atom is -0.496 e. The molecule has 40 heavy (non-hydrogen) atoms. The van der Waals surface area contributed by atoms with Gasteiger partial charge in [0.15, 0.2) is 0 Å². The van der Waals surface area contributed by atoms with Gasteiger partial charge in [0.05, 0.1) is 12.5 Å². The number of aryl methyl sites for hydroxylation is 3. The van der Waals surface area contributed by atoms with Crippen molar-refractivity contribution in [2.75, 3.05) is 7.11 Å². The van der Waals surface area contributed by atoms with Gasteiger partial charge in [-0.25, -0.2) is 4.79 Å². The summed E-state index contributed by atoms with van der Waals surface area (Å²) in [5.41, 5.74) is 8.86. The van der Waals surface area contributed by atoms with E-state index in [-0.39, 0.29) is 0 Å². The standard InChI is InChI=1S/C36H30O4/c1-23-11-5-10-16-32(23)39-35(37)40-34-22-27(20-18-25(34)3)36(26-19-17-24(2)33(21-26)38-4)30-14-8-6-12-28(30)29-13-7-9-15-31(29)36/h5-22H,1-4H3. The number of hydrogen-bond donors (Lipinski definition) is 0. The van der Waals surface area contributed by atoms with E-state index in [1.807, 2.05) is 51.1 Å². The monoisotopic (exact) mass is 526 g/mol. The Morgan fingerprint density at radius 1 is 0.550 bits per heavy atom. The van der Waals surface area contributed by atoms with Crippen LogP contribution in [-0.2, 0) is 5.41 Å². The van der Waals surface area contributed by atoms with Crippen molar-refractivity contribution in [3.63, 3.8) is 0 Å². The van der Waals surface area contributed by atoms with Gasteiger partial charge in [-0.3, -0.25) is 0 Å². The molecule has 1 aliphatic rings. The van der Waals surface area contributed by atoms with Gasteiger partial charge in [0.25, 0.3) is 0 Å². The number of carbonyl (C=O) groups excluding carboxylic acids is 1. The van der Waals surface area contributed by atoms with Gasteiger partial charge in [-0.05, 0) is 89.0 Å². The highest BCUT2D eigenvalue weighted by molar-refractivity contribution is 5.86. The maximum atomic E-state index is 12.9. The summed E-state index contributed by atoms with van der Waals surface area (Å²) in [6.45, 7) is 5.87. The van der Waals surface area contributed by atoms with Crippen molar-refractivity contribution >= 4 is 6.16 Å². The van der Waals surface area contributed by atoms with Crippen molar-refractivity contribution in [3.05, 3.63) is 148 Å². The molecule has 4 heteroatoms. The largest absolute Gasteiger partial charge is 0.519 e. The van der Waals surface area contributed by atoms with Crippen molar-refractivity contribution in [1.29, 1.82) is 0 Å². The van der Waals surface area contributed by atoms with Crippen LogP contribution < -0.4 is 14.2 Å². The fourth-order valence-corrected chi connectivity index (χ4v) is 5.89. The number of hydrogen-bond acceptors (Lipinski definition) is 4.